The van der Waals surface area contributed by atoms with Gasteiger partial charge in [-0.25, -0.2) is 0 Å². The predicted octanol–water partition coefficient (Wildman–Crippen LogP) is 1.74. The maximum absolute atomic E-state index is 9.05. The Morgan fingerprint density at radius 1 is 1.30 bits per heavy atom. The molecule has 0 atom stereocenters. The van der Waals surface area contributed by atoms with E-state index < -0.39 is 0 Å². The Morgan fingerprint density at radius 2 is 2.00 bits per heavy atom. The van der Waals surface area contributed by atoms with Crippen LogP contribution in [0.1, 0.15) is 5.56 Å². The Labute approximate surface area is 59.1 Å². The van der Waals surface area contributed by atoms with Gasteiger partial charge in [-0.1, -0.05) is 12.7 Å². The number of hydrogen-bond donors (Lipinski definition) is 2. The Kier molecular flexibility index (Phi) is 1.63. The minimum absolute atomic E-state index is 0.132. The molecule has 0 saturated carbocycles. The zero-order chi connectivity index (χ0) is 7.56. The van der Waals surface area contributed by atoms with Gasteiger partial charge in [-0.05, 0) is 18.2 Å². The fourth-order valence-electron chi connectivity index (χ4n) is 0.705. The maximum Gasteiger partial charge on any atom is 0.123 e. The molecule has 0 bridgehead atoms. The van der Waals surface area contributed by atoms with Gasteiger partial charge in [0.1, 0.15) is 11.5 Å². The summed E-state index contributed by atoms with van der Waals surface area (Å²) in [6.45, 7) is 3.46. The third-order valence-electron chi connectivity index (χ3n) is 1.23. The van der Waals surface area contributed by atoms with Crippen molar-refractivity contribution < 1.29 is 10.2 Å². The largest absolute Gasteiger partial charge is 0.508 e. The Bertz CT molecular complexity index is 253. The van der Waals surface area contributed by atoms with E-state index in [0.29, 0.717) is 5.56 Å². The summed E-state index contributed by atoms with van der Waals surface area (Å²) in [7, 11) is 0. The van der Waals surface area contributed by atoms with Crippen LogP contribution in [-0.4, -0.2) is 10.2 Å². The molecule has 0 aliphatic carbocycles. The topological polar surface area (TPSA) is 40.5 Å². The number of phenols is 2. The van der Waals surface area contributed by atoms with E-state index in [1.807, 2.05) is 0 Å². The van der Waals surface area contributed by atoms with Crippen molar-refractivity contribution in [3.8, 4) is 11.5 Å². The van der Waals surface area contributed by atoms with Crippen molar-refractivity contribution in [1.29, 1.82) is 0 Å². The van der Waals surface area contributed by atoms with Gasteiger partial charge < -0.3 is 10.2 Å². The molecule has 0 unspecified atom stereocenters. The van der Waals surface area contributed by atoms with E-state index in [-0.39, 0.29) is 11.5 Å². The summed E-state index contributed by atoms with van der Waals surface area (Å²) in [5.74, 6) is 0.264. The second-order valence-electron chi connectivity index (χ2n) is 1.95. The lowest BCUT2D eigenvalue weighted by atomic mass is 10.2. The fourth-order valence-corrected chi connectivity index (χ4v) is 0.705. The average molecular weight is 136 g/mol. The first-order valence-corrected chi connectivity index (χ1v) is 2.88. The van der Waals surface area contributed by atoms with Crippen LogP contribution >= 0.6 is 0 Å². The van der Waals surface area contributed by atoms with Crippen molar-refractivity contribution in [1.82, 2.24) is 0 Å². The van der Waals surface area contributed by atoms with Crippen molar-refractivity contribution in [3.05, 3.63) is 30.3 Å². The summed E-state index contributed by atoms with van der Waals surface area (Å²) in [5.41, 5.74) is 0.542. The van der Waals surface area contributed by atoms with Gasteiger partial charge in [0.15, 0.2) is 0 Å². The normalized spacial score (nSPS) is 9.20. The monoisotopic (exact) mass is 136 g/mol. The first-order valence-electron chi connectivity index (χ1n) is 2.88. The van der Waals surface area contributed by atoms with Gasteiger partial charge in [-0.3, -0.25) is 0 Å². The number of hydrogen-bond acceptors (Lipinski definition) is 2. The molecular formula is C8H8O2. The molecule has 0 heterocycles. The highest BCUT2D eigenvalue weighted by atomic mass is 16.3. The van der Waals surface area contributed by atoms with E-state index >= 15 is 0 Å². The second kappa shape index (κ2) is 2.43. The molecule has 0 aromatic heterocycles. The zero-order valence-electron chi connectivity index (χ0n) is 5.41. The van der Waals surface area contributed by atoms with E-state index in [1.54, 1.807) is 0 Å². The molecule has 0 aliphatic heterocycles. The highest BCUT2D eigenvalue weighted by Crippen LogP contribution is 2.22. The summed E-state index contributed by atoms with van der Waals surface area (Å²) in [6.07, 6.45) is 1.48. The molecule has 52 valence electrons. The van der Waals surface area contributed by atoms with Crippen LogP contribution in [0.25, 0.3) is 6.08 Å². The van der Waals surface area contributed by atoms with E-state index in [2.05, 4.69) is 6.58 Å². The number of aromatic hydroxyl groups is 2. The molecule has 0 spiro atoms. The van der Waals surface area contributed by atoms with Crippen LogP contribution in [0.4, 0.5) is 0 Å². The van der Waals surface area contributed by atoms with Gasteiger partial charge in [-0.2, -0.15) is 0 Å². The van der Waals surface area contributed by atoms with Crippen molar-refractivity contribution in [2.75, 3.05) is 0 Å². The van der Waals surface area contributed by atoms with Crippen LogP contribution in [0.2, 0.25) is 0 Å². The van der Waals surface area contributed by atoms with Crippen LogP contribution in [0.5, 0.6) is 11.5 Å². The Balaban J connectivity index is 3.21. The standard InChI is InChI=1S/C8H8O2/c1-2-6-5-7(9)3-4-8(6)10/h2-5,9-10H,1H2. The lowest BCUT2D eigenvalue weighted by molar-refractivity contribution is 0.459. The predicted molar refractivity (Wildman–Crippen MR) is 39.9 cm³/mol. The lowest BCUT2D eigenvalue weighted by Crippen LogP contribution is -1.72. The van der Waals surface area contributed by atoms with Crippen molar-refractivity contribution in [2.24, 2.45) is 0 Å². The summed E-state index contributed by atoms with van der Waals surface area (Å²) in [6, 6.07) is 4.29. The Hall–Kier alpha value is -1.44. The molecule has 0 saturated heterocycles. The highest BCUT2D eigenvalue weighted by molar-refractivity contribution is 5.57. The molecule has 10 heavy (non-hydrogen) atoms. The van der Waals surface area contributed by atoms with E-state index in [9.17, 15) is 0 Å². The molecule has 1 aromatic rings. The first kappa shape index (κ1) is 6.68. The van der Waals surface area contributed by atoms with Crippen LogP contribution in [0, 0.1) is 0 Å². The molecule has 1 rings (SSSR count). The number of benzene rings is 1. The molecule has 0 aliphatic rings. The van der Waals surface area contributed by atoms with Crippen LogP contribution in [-0.2, 0) is 0 Å². The number of rotatable bonds is 1. The van der Waals surface area contributed by atoms with Crippen LogP contribution < -0.4 is 0 Å². The summed E-state index contributed by atoms with van der Waals surface area (Å²) < 4.78 is 0. The molecule has 0 radical (unpaired) electrons. The van der Waals surface area contributed by atoms with Crippen molar-refractivity contribution >= 4 is 6.08 Å². The summed E-state index contributed by atoms with van der Waals surface area (Å²) in [4.78, 5) is 0. The van der Waals surface area contributed by atoms with Gasteiger partial charge in [0, 0.05) is 5.56 Å². The first-order chi connectivity index (χ1) is 4.74. The third kappa shape index (κ3) is 1.10. The second-order valence-corrected chi connectivity index (χ2v) is 1.95. The molecule has 0 amide bonds. The van der Waals surface area contributed by atoms with Gasteiger partial charge in [0.05, 0.1) is 0 Å². The van der Waals surface area contributed by atoms with Gasteiger partial charge in [0.25, 0.3) is 0 Å². The van der Waals surface area contributed by atoms with Crippen molar-refractivity contribution in [2.45, 2.75) is 0 Å². The van der Waals surface area contributed by atoms with E-state index in [0.717, 1.165) is 0 Å². The van der Waals surface area contributed by atoms with Gasteiger partial charge >= 0.3 is 0 Å². The van der Waals surface area contributed by atoms with Crippen LogP contribution in [0.15, 0.2) is 24.8 Å². The third-order valence-corrected chi connectivity index (χ3v) is 1.23. The van der Waals surface area contributed by atoms with E-state index in [1.165, 1.54) is 24.3 Å². The number of phenolic OH excluding ortho intramolecular Hbond substituents is 2. The molecule has 1 aromatic carbocycles. The molecule has 2 nitrogen and oxygen atoms in total. The fraction of sp³-hybridized carbons (Fsp3) is 0. The molecule has 2 N–H and O–H groups in total. The highest BCUT2D eigenvalue weighted by Gasteiger charge is 1.95. The zero-order valence-corrected chi connectivity index (χ0v) is 5.41. The van der Waals surface area contributed by atoms with Gasteiger partial charge in [-0.15, -0.1) is 0 Å². The quantitative estimate of drug-likeness (QED) is 0.577. The minimum Gasteiger partial charge on any atom is -0.508 e. The SMILES string of the molecule is C=Cc1cc(O)ccc1O. The average Bonchev–Trinajstić information content (AvgIpc) is 1.94. The maximum atomic E-state index is 9.05. The van der Waals surface area contributed by atoms with E-state index in [4.69, 9.17) is 10.2 Å². The molecular weight excluding hydrogens is 128 g/mol. The minimum atomic E-state index is 0.132. The smallest absolute Gasteiger partial charge is 0.123 e. The van der Waals surface area contributed by atoms with Crippen LogP contribution in [0.3, 0.4) is 0 Å². The van der Waals surface area contributed by atoms with Crippen molar-refractivity contribution in [3.63, 3.8) is 0 Å². The lowest BCUT2D eigenvalue weighted by Gasteiger charge is -1.97. The summed E-state index contributed by atoms with van der Waals surface area (Å²) in [5, 5.41) is 18.0. The summed E-state index contributed by atoms with van der Waals surface area (Å²) >= 11 is 0. The van der Waals surface area contributed by atoms with Gasteiger partial charge in [0.2, 0.25) is 0 Å². The molecule has 2 heteroatoms. The Morgan fingerprint density at radius 3 is 2.50 bits per heavy atom. The molecule has 0 fully saturated rings.